The fraction of sp³-hybridized carbons (Fsp3) is 0.909. The van der Waals surface area contributed by atoms with Gasteiger partial charge in [0.25, 0.3) is 0 Å². The van der Waals surface area contributed by atoms with E-state index in [2.05, 4.69) is 6.07 Å². The average Bonchev–Trinajstić information content (AvgIpc) is 2.19. The van der Waals surface area contributed by atoms with Crippen LogP contribution in [0.1, 0.15) is 46.0 Å². The third-order valence-corrected chi connectivity index (χ3v) is 2.66. The molecule has 0 aromatic rings. The molecule has 1 fully saturated rings. The highest BCUT2D eigenvalue weighted by atomic mass is 16.7. The smallest absolute Gasteiger partial charge is 0.157 e. The molecular weight excluding hydrogens is 178 g/mol. The first-order valence-corrected chi connectivity index (χ1v) is 5.43. The van der Waals surface area contributed by atoms with Crippen molar-refractivity contribution in [2.24, 2.45) is 0 Å². The van der Waals surface area contributed by atoms with Crippen LogP contribution < -0.4 is 0 Å². The average molecular weight is 197 g/mol. The quantitative estimate of drug-likeness (QED) is 0.650. The van der Waals surface area contributed by atoms with Crippen LogP contribution in [0, 0.1) is 11.3 Å². The van der Waals surface area contributed by atoms with Gasteiger partial charge in [0.05, 0.1) is 6.07 Å². The predicted octanol–water partition coefficient (Wildman–Crippen LogP) is 2.61. The zero-order valence-corrected chi connectivity index (χ0v) is 9.08. The summed E-state index contributed by atoms with van der Waals surface area (Å²) in [6.07, 6.45) is 4.83. The maximum atomic E-state index is 9.13. The van der Waals surface area contributed by atoms with E-state index in [-0.39, 0.29) is 6.29 Å². The monoisotopic (exact) mass is 197 g/mol. The molecule has 80 valence electrons. The van der Waals surface area contributed by atoms with Crippen LogP contribution in [0.2, 0.25) is 0 Å². The van der Waals surface area contributed by atoms with Gasteiger partial charge in [-0.15, -0.1) is 0 Å². The van der Waals surface area contributed by atoms with Crippen molar-refractivity contribution >= 4 is 0 Å². The van der Waals surface area contributed by atoms with Gasteiger partial charge in [-0.25, -0.2) is 0 Å². The van der Waals surface area contributed by atoms with Crippen LogP contribution in [0.25, 0.3) is 0 Å². The van der Waals surface area contributed by atoms with E-state index < -0.39 is 5.60 Å². The molecule has 1 aliphatic carbocycles. The molecular formula is C11H19NO2. The van der Waals surface area contributed by atoms with Gasteiger partial charge in [-0.2, -0.15) is 5.26 Å². The molecule has 0 spiro atoms. The van der Waals surface area contributed by atoms with E-state index >= 15 is 0 Å². The molecule has 0 aromatic heterocycles. The first kappa shape index (κ1) is 11.5. The maximum absolute atomic E-state index is 9.13. The van der Waals surface area contributed by atoms with E-state index in [1.165, 1.54) is 6.42 Å². The zero-order chi connectivity index (χ0) is 10.4. The molecule has 0 N–H and O–H groups in total. The van der Waals surface area contributed by atoms with E-state index in [1.807, 2.05) is 13.8 Å². The standard InChI is InChI=1S/C11H19NO2/c1-3-13-10(2)14-11(9-12)7-5-4-6-8-11/h10H,3-8H2,1-2H3. The summed E-state index contributed by atoms with van der Waals surface area (Å²) in [4.78, 5) is 0. The molecule has 1 rings (SSSR count). The van der Waals surface area contributed by atoms with Crippen molar-refractivity contribution in [3.8, 4) is 6.07 Å². The molecule has 0 saturated heterocycles. The summed E-state index contributed by atoms with van der Waals surface area (Å²) in [6.45, 7) is 4.42. The van der Waals surface area contributed by atoms with Crippen LogP contribution in [0.4, 0.5) is 0 Å². The van der Waals surface area contributed by atoms with Crippen LogP contribution in [-0.4, -0.2) is 18.5 Å². The van der Waals surface area contributed by atoms with Crippen LogP contribution in [0.3, 0.4) is 0 Å². The second-order valence-corrected chi connectivity index (χ2v) is 3.81. The number of rotatable bonds is 4. The summed E-state index contributed by atoms with van der Waals surface area (Å²) in [5, 5.41) is 9.13. The molecule has 0 radical (unpaired) electrons. The Hall–Kier alpha value is -0.590. The lowest BCUT2D eigenvalue weighted by Gasteiger charge is -2.32. The lowest BCUT2D eigenvalue weighted by molar-refractivity contribution is -0.189. The molecule has 1 unspecified atom stereocenters. The number of nitrogens with zero attached hydrogens (tertiary/aromatic N) is 1. The molecule has 1 saturated carbocycles. The van der Waals surface area contributed by atoms with Crippen molar-refractivity contribution in [1.29, 1.82) is 5.26 Å². The van der Waals surface area contributed by atoms with Crippen molar-refractivity contribution in [3.63, 3.8) is 0 Å². The second kappa shape index (κ2) is 5.33. The molecule has 1 atom stereocenters. The number of hydrogen-bond acceptors (Lipinski definition) is 3. The van der Waals surface area contributed by atoms with Crippen LogP contribution in [-0.2, 0) is 9.47 Å². The Balaban J connectivity index is 2.48. The van der Waals surface area contributed by atoms with Crippen molar-refractivity contribution in [2.75, 3.05) is 6.61 Å². The maximum Gasteiger partial charge on any atom is 0.157 e. The normalized spacial score (nSPS) is 22.6. The van der Waals surface area contributed by atoms with E-state index in [1.54, 1.807) is 0 Å². The van der Waals surface area contributed by atoms with Crippen molar-refractivity contribution in [1.82, 2.24) is 0 Å². The Morgan fingerprint density at radius 1 is 1.36 bits per heavy atom. The van der Waals surface area contributed by atoms with Gasteiger partial charge < -0.3 is 9.47 Å². The minimum absolute atomic E-state index is 0.266. The molecule has 3 heteroatoms. The fourth-order valence-corrected chi connectivity index (χ4v) is 1.97. The highest BCUT2D eigenvalue weighted by molar-refractivity contribution is 5.03. The molecule has 3 nitrogen and oxygen atoms in total. The minimum atomic E-state index is -0.577. The second-order valence-electron chi connectivity index (χ2n) is 3.81. The van der Waals surface area contributed by atoms with Gasteiger partial charge in [-0.3, -0.25) is 0 Å². The Morgan fingerprint density at radius 3 is 2.50 bits per heavy atom. The molecule has 0 aliphatic heterocycles. The van der Waals surface area contributed by atoms with Crippen LogP contribution >= 0.6 is 0 Å². The first-order valence-electron chi connectivity index (χ1n) is 5.43. The summed E-state index contributed by atoms with van der Waals surface area (Å²) >= 11 is 0. The Labute approximate surface area is 86.0 Å². The van der Waals surface area contributed by atoms with Gasteiger partial charge >= 0.3 is 0 Å². The molecule has 14 heavy (non-hydrogen) atoms. The lowest BCUT2D eigenvalue weighted by atomic mass is 9.86. The zero-order valence-electron chi connectivity index (χ0n) is 9.08. The van der Waals surface area contributed by atoms with Gasteiger partial charge in [0.1, 0.15) is 0 Å². The molecule has 0 amide bonds. The Morgan fingerprint density at radius 2 is 2.00 bits per heavy atom. The number of nitriles is 1. The van der Waals surface area contributed by atoms with Crippen LogP contribution in [0.5, 0.6) is 0 Å². The molecule has 0 aromatic carbocycles. The highest BCUT2D eigenvalue weighted by Gasteiger charge is 2.34. The van der Waals surface area contributed by atoms with Gasteiger partial charge in [0, 0.05) is 6.61 Å². The van der Waals surface area contributed by atoms with Gasteiger partial charge in [0.15, 0.2) is 11.9 Å². The minimum Gasteiger partial charge on any atom is -0.353 e. The molecule has 0 heterocycles. The Bertz CT molecular complexity index is 204. The topological polar surface area (TPSA) is 42.2 Å². The van der Waals surface area contributed by atoms with Crippen molar-refractivity contribution in [2.45, 2.75) is 57.8 Å². The lowest BCUT2D eigenvalue weighted by Crippen LogP contribution is -2.37. The van der Waals surface area contributed by atoms with E-state index in [9.17, 15) is 0 Å². The Kier molecular flexibility index (Phi) is 4.37. The van der Waals surface area contributed by atoms with Gasteiger partial charge in [-0.05, 0) is 39.5 Å². The fourth-order valence-electron chi connectivity index (χ4n) is 1.97. The number of hydrogen-bond donors (Lipinski definition) is 0. The van der Waals surface area contributed by atoms with Crippen molar-refractivity contribution < 1.29 is 9.47 Å². The third kappa shape index (κ3) is 2.97. The third-order valence-electron chi connectivity index (χ3n) is 2.66. The van der Waals surface area contributed by atoms with E-state index in [0.717, 1.165) is 25.7 Å². The van der Waals surface area contributed by atoms with Crippen molar-refractivity contribution in [3.05, 3.63) is 0 Å². The summed E-state index contributed by atoms with van der Waals surface area (Å²) in [5.74, 6) is 0. The van der Waals surface area contributed by atoms with Crippen LogP contribution in [0.15, 0.2) is 0 Å². The molecule has 0 bridgehead atoms. The molecule has 1 aliphatic rings. The van der Waals surface area contributed by atoms with Gasteiger partial charge in [-0.1, -0.05) is 6.42 Å². The largest absolute Gasteiger partial charge is 0.353 e. The SMILES string of the molecule is CCOC(C)OC1(C#N)CCCCC1. The highest BCUT2D eigenvalue weighted by Crippen LogP contribution is 2.32. The van der Waals surface area contributed by atoms with E-state index in [0.29, 0.717) is 6.61 Å². The number of ether oxygens (including phenoxy) is 2. The summed E-state index contributed by atoms with van der Waals surface area (Å²) in [5.41, 5.74) is -0.577. The summed E-state index contributed by atoms with van der Waals surface area (Å²) < 4.78 is 11.0. The predicted molar refractivity (Wildman–Crippen MR) is 53.6 cm³/mol. The summed E-state index contributed by atoms with van der Waals surface area (Å²) in [7, 11) is 0. The summed E-state index contributed by atoms with van der Waals surface area (Å²) in [6, 6.07) is 2.30. The van der Waals surface area contributed by atoms with E-state index in [4.69, 9.17) is 14.7 Å². The van der Waals surface area contributed by atoms with Gasteiger partial charge in [0.2, 0.25) is 0 Å². The first-order chi connectivity index (χ1) is 6.72.